The van der Waals surface area contributed by atoms with E-state index in [1.807, 2.05) is 29.6 Å². The number of para-hydroxylation sites is 1. The van der Waals surface area contributed by atoms with Crippen LogP contribution in [0.2, 0.25) is 0 Å². The Hall–Kier alpha value is -1.86. The van der Waals surface area contributed by atoms with Crippen molar-refractivity contribution in [1.82, 2.24) is 4.98 Å². The van der Waals surface area contributed by atoms with Crippen LogP contribution in [0, 0.1) is 11.3 Å². The van der Waals surface area contributed by atoms with Gasteiger partial charge in [-0.05, 0) is 6.07 Å². The number of nitrogens with zero attached hydrogens (tertiary/aromatic N) is 2. The molecule has 1 aromatic carbocycles. The molecule has 4 heteroatoms. The number of rotatable bonds is 4. The van der Waals surface area contributed by atoms with E-state index in [9.17, 15) is 0 Å². The highest BCUT2D eigenvalue weighted by atomic mass is 32.1. The van der Waals surface area contributed by atoms with E-state index in [2.05, 4.69) is 11.1 Å². The highest BCUT2D eigenvalue weighted by molar-refractivity contribution is 7.09. The van der Waals surface area contributed by atoms with Crippen molar-refractivity contribution < 1.29 is 4.74 Å². The molecule has 86 valence electrons. The molecule has 0 spiro atoms. The van der Waals surface area contributed by atoms with Gasteiger partial charge in [-0.3, -0.25) is 0 Å². The highest BCUT2D eigenvalue weighted by Crippen LogP contribution is 2.22. The number of methoxy groups -OCH3 is 1. The minimum Gasteiger partial charge on any atom is -0.496 e. The molecule has 0 amide bonds. The lowest BCUT2D eigenvalue weighted by atomic mass is 10.1. The Kier molecular flexibility index (Phi) is 3.73. The Morgan fingerprint density at radius 1 is 1.41 bits per heavy atom. The predicted octanol–water partition coefficient (Wildman–Crippen LogP) is 2.81. The number of thiazole rings is 1. The first-order chi connectivity index (χ1) is 8.33. The molecule has 0 aliphatic rings. The van der Waals surface area contributed by atoms with Gasteiger partial charge in [-0.2, -0.15) is 5.26 Å². The third kappa shape index (κ3) is 2.83. The molecular weight excluding hydrogens is 232 g/mol. The number of hydrogen-bond donors (Lipinski definition) is 0. The van der Waals surface area contributed by atoms with Crippen molar-refractivity contribution in [2.24, 2.45) is 0 Å². The van der Waals surface area contributed by atoms with E-state index in [1.165, 1.54) is 0 Å². The lowest BCUT2D eigenvalue weighted by Gasteiger charge is -2.05. The largest absolute Gasteiger partial charge is 0.496 e. The van der Waals surface area contributed by atoms with Crippen molar-refractivity contribution in [3.05, 3.63) is 45.9 Å². The normalized spacial score (nSPS) is 9.88. The van der Waals surface area contributed by atoms with Gasteiger partial charge in [0.05, 0.1) is 30.3 Å². The molecular formula is C13H12N2OS. The number of benzene rings is 1. The van der Waals surface area contributed by atoms with Crippen LogP contribution in [0.3, 0.4) is 0 Å². The molecule has 2 aromatic rings. The summed E-state index contributed by atoms with van der Waals surface area (Å²) in [5, 5.41) is 11.5. The molecule has 1 aromatic heterocycles. The standard InChI is InChI=1S/C13H12N2OS/c1-16-12-5-3-2-4-10(12)8-13-15-11(6-7-14)9-17-13/h2-5,9H,6,8H2,1H3. The average molecular weight is 244 g/mol. The Labute approximate surface area is 104 Å². The molecule has 0 saturated heterocycles. The van der Waals surface area contributed by atoms with E-state index >= 15 is 0 Å². The summed E-state index contributed by atoms with van der Waals surface area (Å²) < 4.78 is 5.30. The first-order valence-corrected chi connectivity index (χ1v) is 6.13. The zero-order valence-electron chi connectivity index (χ0n) is 9.51. The van der Waals surface area contributed by atoms with Crippen molar-refractivity contribution in [3.8, 4) is 11.8 Å². The summed E-state index contributed by atoms with van der Waals surface area (Å²) in [5.74, 6) is 0.879. The van der Waals surface area contributed by atoms with Crippen LogP contribution >= 0.6 is 11.3 Å². The Bertz CT molecular complexity index is 542. The smallest absolute Gasteiger partial charge is 0.122 e. The molecule has 0 atom stereocenters. The molecule has 0 unspecified atom stereocenters. The molecule has 0 radical (unpaired) electrons. The van der Waals surface area contributed by atoms with Crippen LogP contribution in [0.25, 0.3) is 0 Å². The Morgan fingerprint density at radius 3 is 3.00 bits per heavy atom. The molecule has 0 fully saturated rings. The van der Waals surface area contributed by atoms with Crippen LogP contribution < -0.4 is 4.74 Å². The fraction of sp³-hybridized carbons (Fsp3) is 0.231. The maximum atomic E-state index is 8.60. The maximum Gasteiger partial charge on any atom is 0.122 e. The highest BCUT2D eigenvalue weighted by Gasteiger charge is 2.06. The number of hydrogen-bond acceptors (Lipinski definition) is 4. The lowest BCUT2D eigenvalue weighted by molar-refractivity contribution is 0.410. The molecule has 3 nitrogen and oxygen atoms in total. The Balaban J connectivity index is 2.17. The van der Waals surface area contributed by atoms with Crippen molar-refractivity contribution in [1.29, 1.82) is 5.26 Å². The van der Waals surface area contributed by atoms with Gasteiger partial charge in [-0.1, -0.05) is 18.2 Å². The van der Waals surface area contributed by atoms with E-state index in [0.717, 1.165) is 28.4 Å². The Morgan fingerprint density at radius 2 is 2.24 bits per heavy atom. The van der Waals surface area contributed by atoms with Crippen LogP contribution in [0.1, 0.15) is 16.3 Å². The van der Waals surface area contributed by atoms with E-state index in [4.69, 9.17) is 10.00 Å². The van der Waals surface area contributed by atoms with Gasteiger partial charge in [0.25, 0.3) is 0 Å². The number of ether oxygens (including phenoxy) is 1. The van der Waals surface area contributed by atoms with Crippen LogP contribution in [0.15, 0.2) is 29.6 Å². The van der Waals surface area contributed by atoms with E-state index in [1.54, 1.807) is 18.4 Å². The monoisotopic (exact) mass is 244 g/mol. The van der Waals surface area contributed by atoms with Gasteiger partial charge in [0.15, 0.2) is 0 Å². The van der Waals surface area contributed by atoms with Crippen molar-refractivity contribution in [2.75, 3.05) is 7.11 Å². The molecule has 0 N–H and O–H groups in total. The molecule has 0 bridgehead atoms. The third-order valence-electron chi connectivity index (χ3n) is 2.39. The van der Waals surface area contributed by atoms with Crippen molar-refractivity contribution >= 4 is 11.3 Å². The van der Waals surface area contributed by atoms with Gasteiger partial charge >= 0.3 is 0 Å². The topological polar surface area (TPSA) is 45.9 Å². The minimum atomic E-state index is 0.377. The SMILES string of the molecule is COc1ccccc1Cc1nc(CC#N)cs1. The zero-order chi connectivity index (χ0) is 12.1. The van der Waals surface area contributed by atoms with Gasteiger partial charge in [0.1, 0.15) is 5.75 Å². The fourth-order valence-electron chi connectivity index (χ4n) is 1.60. The van der Waals surface area contributed by atoms with Gasteiger partial charge in [-0.25, -0.2) is 4.98 Å². The average Bonchev–Trinajstić information content (AvgIpc) is 2.78. The predicted molar refractivity (Wildman–Crippen MR) is 67.2 cm³/mol. The molecule has 0 saturated carbocycles. The summed E-state index contributed by atoms with van der Waals surface area (Å²) in [6, 6.07) is 10.0. The minimum absolute atomic E-state index is 0.377. The maximum absolute atomic E-state index is 8.60. The van der Waals surface area contributed by atoms with Crippen LogP contribution in [-0.4, -0.2) is 12.1 Å². The second-order valence-electron chi connectivity index (χ2n) is 3.56. The molecule has 2 rings (SSSR count). The first kappa shape index (κ1) is 11.6. The van der Waals surface area contributed by atoms with Gasteiger partial charge in [0.2, 0.25) is 0 Å². The van der Waals surface area contributed by atoms with Crippen LogP contribution in [0.5, 0.6) is 5.75 Å². The van der Waals surface area contributed by atoms with Gasteiger partial charge in [0, 0.05) is 17.4 Å². The third-order valence-corrected chi connectivity index (χ3v) is 3.29. The summed E-state index contributed by atoms with van der Waals surface area (Å²) in [4.78, 5) is 4.41. The van der Waals surface area contributed by atoms with E-state index in [0.29, 0.717) is 6.42 Å². The zero-order valence-corrected chi connectivity index (χ0v) is 10.3. The van der Waals surface area contributed by atoms with E-state index in [-0.39, 0.29) is 0 Å². The summed E-state index contributed by atoms with van der Waals surface area (Å²) >= 11 is 1.59. The quantitative estimate of drug-likeness (QED) is 0.830. The first-order valence-electron chi connectivity index (χ1n) is 5.25. The number of nitriles is 1. The molecule has 0 aliphatic heterocycles. The summed E-state index contributed by atoms with van der Waals surface area (Å²) in [7, 11) is 1.67. The number of aromatic nitrogens is 1. The molecule has 1 heterocycles. The summed E-state index contributed by atoms with van der Waals surface area (Å²) in [6.07, 6.45) is 1.13. The second-order valence-corrected chi connectivity index (χ2v) is 4.50. The second kappa shape index (κ2) is 5.46. The lowest BCUT2D eigenvalue weighted by Crippen LogP contribution is -1.93. The van der Waals surface area contributed by atoms with Crippen LogP contribution in [-0.2, 0) is 12.8 Å². The van der Waals surface area contributed by atoms with E-state index < -0.39 is 0 Å². The van der Waals surface area contributed by atoms with Crippen molar-refractivity contribution in [2.45, 2.75) is 12.8 Å². The summed E-state index contributed by atoms with van der Waals surface area (Å²) in [5.41, 5.74) is 1.97. The van der Waals surface area contributed by atoms with Crippen LogP contribution in [0.4, 0.5) is 0 Å². The molecule has 17 heavy (non-hydrogen) atoms. The van der Waals surface area contributed by atoms with Gasteiger partial charge in [-0.15, -0.1) is 11.3 Å². The molecule has 0 aliphatic carbocycles. The van der Waals surface area contributed by atoms with Crippen molar-refractivity contribution in [3.63, 3.8) is 0 Å². The summed E-state index contributed by atoms with van der Waals surface area (Å²) in [6.45, 7) is 0. The fourth-order valence-corrected chi connectivity index (χ4v) is 2.42. The van der Waals surface area contributed by atoms with Gasteiger partial charge < -0.3 is 4.74 Å².